The maximum absolute atomic E-state index is 9.77. The molecule has 1 aliphatic heterocycles. The number of aliphatic hydroxyl groups is 1. The first-order chi connectivity index (χ1) is 4.21. The Morgan fingerprint density at radius 1 is 1.20 bits per heavy atom. The Bertz CT molecular complexity index is 155. The lowest BCUT2D eigenvalue weighted by molar-refractivity contribution is -0.0548. The number of hydrogen-bond donors (Lipinski definition) is 1. The van der Waals surface area contributed by atoms with E-state index in [1.165, 1.54) is 0 Å². The van der Waals surface area contributed by atoms with Crippen molar-refractivity contribution in [2.45, 2.75) is 46.0 Å². The Morgan fingerprint density at radius 3 is 1.50 bits per heavy atom. The van der Waals surface area contributed by atoms with Crippen LogP contribution in [0, 0.1) is 5.41 Å². The lowest BCUT2D eigenvalue weighted by Gasteiger charge is -2.24. The van der Waals surface area contributed by atoms with Crippen LogP contribution in [0.2, 0.25) is 0 Å². The molecule has 0 aromatic rings. The van der Waals surface area contributed by atoms with Gasteiger partial charge < -0.3 is 9.84 Å². The van der Waals surface area contributed by atoms with E-state index in [9.17, 15) is 5.11 Å². The molecular weight excluding hydrogens is 128 g/mol. The molecule has 0 amide bonds. The Hall–Kier alpha value is -0.0800. The molecule has 1 fully saturated rings. The first-order valence-electron chi connectivity index (χ1n) is 3.63. The minimum atomic E-state index is -0.917. The molecule has 0 aliphatic carbocycles. The van der Waals surface area contributed by atoms with Gasteiger partial charge in [-0.2, -0.15) is 0 Å². The monoisotopic (exact) mass is 144 g/mol. The molecule has 1 aliphatic rings. The number of ether oxygens (including phenoxy) is 1. The van der Waals surface area contributed by atoms with Crippen LogP contribution in [-0.2, 0) is 4.74 Å². The van der Waals surface area contributed by atoms with Crippen molar-refractivity contribution in [3.8, 4) is 0 Å². The summed E-state index contributed by atoms with van der Waals surface area (Å²) in [6.07, 6.45) is 0. The van der Waals surface area contributed by atoms with Gasteiger partial charge in [-0.15, -0.1) is 0 Å². The van der Waals surface area contributed by atoms with Crippen LogP contribution in [0.15, 0.2) is 0 Å². The standard InChI is InChI=1S/C8H16O2/c1-6(2,3)8(9)7(4,5)10-8/h9H,1-5H3/t8-/m0/s1. The van der Waals surface area contributed by atoms with Gasteiger partial charge in [0.15, 0.2) is 5.79 Å². The first kappa shape index (κ1) is 8.02. The fourth-order valence-electron chi connectivity index (χ4n) is 1.40. The minimum absolute atomic E-state index is 0.184. The molecule has 2 nitrogen and oxygen atoms in total. The summed E-state index contributed by atoms with van der Waals surface area (Å²) >= 11 is 0. The van der Waals surface area contributed by atoms with Gasteiger partial charge in [-0.25, -0.2) is 0 Å². The van der Waals surface area contributed by atoms with E-state index in [2.05, 4.69) is 0 Å². The quantitative estimate of drug-likeness (QED) is 0.523. The lowest BCUT2D eigenvalue weighted by atomic mass is 9.83. The van der Waals surface area contributed by atoms with Crippen molar-refractivity contribution in [2.75, 3.05) is 0 Å². The average molecular weight is 144 g/mol. The Labute approximate surface area is 62.2 Å². The lowest BCUT2D eigenvalue weighted by Crippen LogP contribution is -2.35. The summed E-state index contributed by atoms with van der Waals surface area (Å²) in [6, 6.07) is 0. The SMILES string of the molecule is CC(C)(C)[C@]1(O)OC1(C)C. The highest BCUT2D eigenvalue weighted by molar-refractivity contribution is 5.08. The second kappa shape index (κ2) is 1.56. The highest BCUT2D eigenvalue weighted by Gasteiger charge is 2.69. The van der Waals surface area contributed by atoms with E-state index in [-0.39, 0.29) is 11.0 Å². The Balaban J connectivity index is 2.78. The Kier molecular flexibility index (Phi) is 1.25. The summed E-state index contributed by atoms with van der Waals surface area (Å²) in [4.78, 5) is 0. The minimum Gasteiger partial charge on any atom is -0.363 e. The van der Waals surface area contributed by atoms with E-state index >= 15 is 0 Å². The number of rotatable bonds is 0. The van der Waals surface area contributed by atoms with Crippen LogP contribution >= 0.6 is 0 Å². The fourth-order valence-corrected chi connectivity index (χ4v) is 1.40. The maximum atomic E-state index is 9.77. The summed E-state index contributed by atoms with van der Waals surface area (Å²) in [6.45, 7) is 9.72. The van der Waals surface area contributed by atoms with Gasteiger partial charge in [-0.05, 0) is 13.8 Å². The zero-order valence-electron chi connectivity index (χ0n) is 7.36. The second-order valence-corrected chi connectivity index (χ2v) is 4.51. The molecule has 0 spiro atoms. The maximum Gasteiger partial charge on any atom is 0.200 e. The van der Waals surface area contributed by atoms with Crippen LogP contribution in [0.25, 0.3) is 0 Å². The van der Waals surface area contributed by atoms with Crippen molar-refractivity contribution < 1.29 is 9.84 Å². The molecule has 0 saturated carbocycles. The van der Waals surface area contributed by atoms with E-state index in [4.69, 9.17) is 4.74 Å². The molecule has 2 heteroatoms. The molecule has 0 aromatic heterocycles. The van der Waals surface area contributed by atoms with Crippen LogP contribution in [0.5, 0.6) is 0 Å². The van der Waals surface area contributed by atoms with Crippen LogP contribution in [0.1, 0.15) is 34.6 Å². The fraction of sp³-hybridized carbons (Fsp3) is 1.00. The molecule has 0 aromatic carbocycles. The molecule has 0 bridgehead atoms. The van der Waals surface area contributed by atoms with E-state index in [1.807, 2.05) is 34.6 Å². The molecule has 0 unspecified atom stereocenters. The third kappa shape index (κ3) is 0.789. The predicted molar refractivity (Wildman–Crippen MR) is 39.6 cm³/mol. The van der Waals surface area contributed by atoms with E-state index in [1.54, 1.807) is 0 Å². The average Bonchev–Trinajstić information content (AvgIpc) is 2.05. The topological polar surface area (TPSA) is 32.8 Å². The number of epoxide rings is 1. The molecule has 1 rings (SSSR count). The van der Waals surface area contributed by atoms with Gasteiger partial charge in [-0.1, -0.05) is 20.8 Å². The highest BCUT2D eigenvalue weighted by Crippen LogP contribution is 2.55. The van der Waals surface area contributed by atoms with Crippen LogP contribution in [0.4, 0.5) is 0 Å². The van der Waals surface area contributed by atoms with Crippen LogP contribution in [-0.4, -0.2) is 16.5 Å². The summed E-state index contributed by atoms with van der Waals surface area (Å²) < 4.78 is 5.21. The molecule has 10 heavy (non-hydrogen) atoms. The molecule has 1 atom stereocenters. The van der Waals surface area contributed by atoms with Crippen molar-refractivity contribution in [1.82, 2.24) is 0 Å². The Morgan fingerprint density at radius 2 is 1.50 bits per heavy atom. The summed E-state index contributed by atoms with van der Waals surface area (Å²) in [7, 11) is 0. The van der Waals surface area contributed by atoms with Crippen molar-refractivity contribution >= 4 is 0 Å². The third-order valence-electron chi connectivity index (χ3n) is 2.19. The van der Waals surface area contributed by atoms with Crippen LogP contribution < -0.4 is 0 Å². The molecule has 1 N–H and O–H groups in total. The van der Waals surface area contributed by atoms with Gasteiger partial charge in [-0.3, -0.25) is 0 Å². The molecule has 1 saturated heterocycles. The zero-order chi connectivity index (χ0) is 8.21. The van der Waals surface area contributed by atoms with E-state index in [0.29, 0.717) is 0 Å². The van der Waals surface area contributed by atoms with E-state index in [0.717, 1.165) is 0 Å². The van der Waals surface area contributed by atoms with Crippen molar-refractivity contribution in [3.63, 3.8) is 0 Å². The van der Waals surface area contributed by atoms with Crippen molar-refractivity contribution in [3.05, 3.63) is 0 Å². The molecular formula is C8H16O2. The van der Waals surface area contributed by atoms with Gasteiger partial charge in [0.2, 0.25) is 0 Å². The largest absolute Gasteiger partial charge is 0.363 e. The molecule has 0 radical (unpaired) electrons. The molecule has 60 valence electrons. The summed E-state index contributed by atoms with van der Waals surface area (Å²) in [5.74, 6) is -0.917. The van der Waals surface area contributed by atoms with E-state index < -0.39 is 5.79 Å². The summed E-state index contributed by atoms with van der Waals surface area (Å²) in [5, 5.41) is 9.77. The van der Waals surface area contributed by atoms with Crippen molar-refractivity contribution in [1.29, 1.82) is 0 Å². The first-order valence-corrected chi connectivity index (χ1v) is 3.63. The zero-order valence-corrected chi connectivity index (χ0v) is 7.36. The van der Waals surface area contributed by atoms with Gasteiger partial charge in [0.05, 0.1) is 0 Å². The molecule has 1 heterocycles. The van der Waals surface area contributed by atoms with Gasteiger partial charge >= 0.3 is 0 Å². The summed E-state index contributed by atoms with van der Waals surface area (Å²) in [5.41, 5.74) is -0.540. The van der Waals surface area contributed by atoms with Crippen LogP contribution in [0.3, 0.4) is 0 Å². The normalized spacial score (nSPS) is 37.8. The van der Waals surface area contributed by atoms with Gasteiger partial charge in [0.1, 0.15) is 5.60 Å². The van der Waals surface area contributed by atoms with Gasteiger partial charge in [0.25, 0.3) is 0 Å². The highest BCUT2D eigenvalue weighted by atomic mass is 16.8. The predicted octanol–water partition coefficient (Wildman–Crippen LogP) is 1.53. The number of hydrogen-bond acceptors (Lipinski definition) is 2. The smallest absolute Gasteiger partial charge is 0.200 e. The van der Waals surface area contributed by atoms with Gasteiger partial charge in [0, 0.05) is 5.41 Å². The second-order valence-electron chi connectivity index (χ2n) is 4.51. The third-order valence-corrected chi connectivity index (χ3v) is 2.19. The van der Waals surface area contributed by atoms with Crippen molar-refractivity contribution in [2.24, 2.45) is 5.41 Å².